The van der Waals surface area contributed by atoms with Crippen LogP contribution in [0.15, 0.2) is 12.1 Å². The Morgan fingerprint density at radius 2 is 1.94 bits per heavy atom. The fraction of sp³-hybridized carbons (Fsp3) is 0.538. The second kappa shape index (κ2) is 7.80. The van der Waals surface area contributed by atoms with Crippen molar-refractivity contribution >= 4 is 23.2 Å². The SMILES string of the molecule is CCCNCc1cc(Cl)cc(Cl)c1OCCC. The summed E-state index contributed by atoms with van der Waals surface area (Å²) in [6.07, 6.45) is 2.06. The smallest absolute Gasteiger partial charge is 0.142 e. The first-order chi connectivity index (χ1) is 8.19. The summed E-state index contributed by atoms with van der Waals surface area (Å²) >= 11 is 12.1. The van der Waals surface area contributed by atoms with E-state index in [1.165, 1.54) is 0 Å². The predicted octanol–water partition coefficient (Wildman–Crippen LogP) is 4.28. The first-order valence-electron chi connectivity index (χ1n) is 6.00. The fourth-order valence-electron chi connectivity index (χ4n) is 1.51. The number of hydrogen-bond acceptors (Lipinski definition) is 2. The quantitative estimate of drug-likeness (QED) is 0.750. The summed E-state index contributed by atoms with van der Waals surface area (Å²) in [5.41, 5.74) is 1.02. The molecule has 0 atom stereocenters. The molecule has 1 aromatic carbocycles. The Bertz CT molecular complexity index is 356. The molecule has 96 valence electrons. The largest absolute Gasteiger partial charge is 0.492 e. The van der Waals surface area contributed by atoms with Crippen molar-refractivity contribution in [1.29, 1.82) is 0 Å². The Balaban J connectivity index is 2.82. The van der Waals surface area contributed by atoms with Gasteiger partial charge in [0.25, 0.3) is 0 Å². The summed E-state index contributed by atoms with van der Waals surface area (Å²) < 4.78 is 5.67. The molecule has 1 rings (SSSR count). The molecule has 0 radical (unpaired) electrons. The molecule has 1 aromatic rings. The van der Waals surface area contributed by atoms with Crippen molar-refractivity contribution in [3.8, 4) is 5.75 Å². The number of nitrogens with one attached hydrogen (secondary N) is 1. The van der Waals surface area contributed by atoms with Crippen molar-refractivity contribution in [3.05, 3.63) is 27.7 Å². The molecule has 0 aliphatic rings. The molecule has 0 heterocycles. The first-order valence-corrected chi connectivity index (χ1v) is 6.76. The maximum atomic E-state index is 6.15. The van der Waals surface area contributed by atoms with Gasteiger partial charge in [-0.2, -0.15) is 0 Å². The minimum absolute atomic E-state index is 0.583. The van der Waals surface area contributed by atoms with Gasteiger partial charge >= 0.3 is 0 Å². The molecule has 0 amide bonds. The van der Waals surface area contributed by atoms with E-state index in [9.17, 15) is 0 Å². The first kappa shape index (κ1) is 14.6. The molecule has 0 aliphatic carbocycles. The van der Waals surface area contributed by atoms with Crippen LogP contribution in [0.2, 0.25) is 10.0 Å². The van der Waals surface area contributed by atoms with Gasteiger partial charge in [-0.1, -0.05) is 37.0 Å². The number of hydrogen-bond donors (Lipinski definition) is 1. The lowest BCUT2D eigenvalue weighted by atomic mass is 10.2. The zero-order valence-electron chi connectivity index (χ0n) is 10.4. The Hall–Kier alpha value is -0.440. The number of rotatable bonds is 7. The van der Waals surface area contributed by atoms with E-state index in [1.807, 2.05) is 6.07 Å². The number of benzene rings is 1. The van der Waals surface area contributed by atoms with Crippen LogP contribution in [-0.2, 0) is 6.54 Å². The van der Waals surface area contributed by atoms with E-state index in [1.54, 1.807) is 6.07 Å². The number of halogens is 2. The van der Waals surface area contributed by atoms with Gasteiger partial charge in [0.15, 0.2) is 0 Å². The van der Waals surface area contributed by atoms with Crippen molar-refractivity contribution < 1.29 is 4.74 Å². The Kier molecular flexibility index (Phi) is 6.71. The highest BCUT2D eigenvalue weighted by Gasteiger charge is 2.10. The van der Waals surface area contributed by atoms with Crippen LogP contribution in [0.3, 0.4) is 0 Å². The summed E-state index contributed by atoms with van der Waals surface area (Å²) in [7, 11) is 0. The molecule has 4 heteroatoms. The maximum Gasteiger partial charge on any atom is 0.142 e. The van der Waals surface area contributed by atoms with Crippen molar-refractivity contribution in [3.63, 3.8) is 0 Å². The second-order valence-corrected chi connectivity index (χ2v) is 4.74. The van der Waals surface area contributed by atoms with Gasteiger partial charge in [-0.3, -0.25) is 0 Å². The van der Waals surface area contributed by atoms with Gasteiger partial charge in [0.1, 0.15) is 5.75 Å². The van der Waals surface area contributed by atoms with Gasteiger partial charge in [0.2, 0.25) is 0 Å². The third kappa shape index (κ3) is 4.74. The minimum Gasteiger partial charge on any atom is -0.492 e. The highest BCUT2D eigenvalue weighted by molar-refractivity contribution is 6.35. The van der Waals surface area contributed by atoms with Crippen LogP contribution in [-0.4, -0.2) is 13.2 Å². The molecule has 0 bridgehead atoms. The topological polar surface area (TPSA) is 21.3 Å². The van der Waals surface area contributed by atoms with Gasteiger partial charge in [-0.15, -0.1) is 0 Å². The highest BCUT2D eigenvalue weighted by atomic mass is 35.5. The van der Waals surface area contributed by atoms with Gasteiger partial charge in [0, 0.05) is 17.1 Å². The molecule has 0 saturated heterocycles. The normalized spacial score (nSPS) is 10.6. The van der Waals surface area contributed by atoms with E-state index in [-0.39, 0.29) is 0 Å². The lowest BCUT2D eigenvalue weighted by molar-refractivity contribution is 0.313. The van der Waals surface area contributed by atoms with Gasteiger partial charge in [0.05, 0.1) is 11.6 Å². The van der Waals surface area contributed by atoms with E-state index >= 15 is 0 Å². The number of ether oxygens (including phenoxy) is 1. The van der Waals surface area contributed by atoms with Crippen LogP contribution >= 0.6 is 23.2 Å². The van der Waals surface area contributed by atoms with E-state index < -0.39 is 0 Å². The summed E-state index contributed by atoms with van der Waals surface area (Å²) in [4.78, 5) is 0. The van der Waals surface area contributed by atoms with E-state index in [0.717, 1.165) is 37.2 Å². The molecule has 1 N–H and O–H groups in total. The molecule has 0 aromatic heterocycles. The summed E-state index contributed by atoms with van der Waals surface area (Å²) in [5, 5.41) is 4.55. The van der Waals surface area contributed by atoms with Gasteiger partial charge in [-0.05, 0) is 31.5 Å². The van der Waals surface area contributed by atoms with Crippen LogP contribution in [0.5, 0.6) is 5.75 Å². The second-order valence-electron chi connectivity index (χ2n) is 3.90. The van der Waals surface area contributed by atoms with Crippen molar-refractivity contribution in [2.75, 3.05) is 13.2 Å². The van der Waals surface area contributed by atoms with E-state index in [0.29, 0.717) is 16.7 Å². The summed E-state index contributed by atoms with van der Waals surface area (Å²) in [5.74, 6) is 0.751. The molecule has 17 heavy (non-hydrogen) atoms. The Labute approximate surface area is 113 Å². The molecule has 0 fully saturated rings. The van der Waals surface area contributed by atoms with Crippen molar-refractivity contribution in [1.82, 2.24) is 5.32 Å². The van der Waals surface area contributed by atoms with Crippen molar-refractivity contribution in [2.24, 2.45) is 0 Å². The highest BCUT2D eigenvalue weighted by Crippen LogP contribution is 2.32. The predicted molar refractivity (Wildman–Crippen MR) is 74.2 cm³/mol. The molecule has 0 unspecified atom stereocenters. The minimum atomic E-state index is 0.583. The Morgan fingerprint density at radius 1 is 1.18 bits per heavy atom. The van der Waals surface area contributed by atoms with Crippen LogP contribution in [0.1, 0.15) is 32.3 Å². The summed E-state index contributed by atoms with van der Waals surface area (Å²) in [6, 6.07) is 3.62. The molecule has 0 saturated carbocycles. The Morgan fingerprint density at radius 3 is 2.59 bits per heavy atom. The average molecular weight is 276 g/mol. The fourth-order valence-corrected chi connectivity index (χ4v) is 2.10. The third-order valence-corrected chi connectivity index (χ3v) is 2.78. The average Bonchev–Trinajstić information content (AvgIpc) is 2.28. The zero-order valence-corrected chi connectivity index (χ0v) is 11.9. The molecule has 0 aliphatic heterocycles. The molecular weight excluding hydrogens is 257 g/mol. The zero-order chi connectivity index (χ0) is 12.7. The van der Waals surface area contributed by atoms with E-state index in [2.05, 4.69) is 19.2 Å². The van der Waals surface area contributed by atoms with Crippen LogP contribution in [0.25, 0.3) is 0 Å². The molecule has 2 nitrogen and oxygen atoms in total. The van der Waals surface area contributed by atoms with Gasteiger partial charge in [-0.25, -0.2) is 0 Å². The van der Waals surface area contributed by atoms with Crippen LogP contribution in [0, 0.1) is 0 Å². The maximum absolute atomic E-state index is 6.15. The monoisotopic (exact) mass is 275 g/mol. The molecule has 0 spiro atoms. The van der Waals surface area contributed by atoms with Crippen molar-refractivity contribution in [2.45, 2.75) is 33.2 Å². The van der Waals surface area contributed by atoms with Crippen LogP contribution in [0.4, 0.5) is 0 Å². The standard InChI is InChI=1S/C13H19Cl2NO/c1-3-5-16-9-10-7-11(14)8-12(15)13(10)17-6-4-2/h7-8,16H,3-6,9H2,1-2H3. The lowest BCUT2D eigenvalue weighted by Gasteiger charge is -2.13. The third-order valence-electron chi connectivity index (χ3n) is 2.28. The van der Waals surface area contributed by atoms with Crippen LogP contribution < -0.4 is 10.1 Å². The van der Waals surface area contributed by atoms with E-state index in [4.69, 9.17) is 27.9 Å². The molecular formula is C13H19Cl2NO. The lowest BCUT2D eigenvalue weighted by Crippen LogP contribution is -2.15. The summed E-state index contributed by atoms with van der Waals surface area (Å²) in [6.45, 7) is 6.57. The van der Waals surface area contributed by atoms with Gasteiger partial charge < -0.3 is 10.1 Å².